The van der Waals surface area contributed by atoms with Gasteiger partial charge in [0.05, 0.1) is 17.6 Å². The molecule has 14 heavy (non-hydrogen) atoms. The van der Waals surface area contributed by atoms with Gasteiger partial charge in [-0.3, -0.25) is 4.79 Å². The van der Waals surface area contributed by atoms with Gasteiger partial charge < -0.3 is 5.73 Å². The predicted molar refractivity (Wildman–Crippen MR) is 54.2 cm³/mol. The SMILES string of the molecule is Nc1ccccc1-n1ccc(=O)cn1. The number of rotatable bonds is 1. The van der Waals surface area contributed by atoms with Crippen LogP contribution in [0.25, 0.3) is 5.69 Å². The minimum Gasteiger partial charge on any atom is -0.397 e. The van der Waals surface area contributed by atoms with E-state index in [1.54, 1.807) is 16.9 Å². The minimum atomic E-state index is -0.115. The fourth-order valence-corrected chi connectivity index (χ4v) is 1.18. The first-order valence-electron chi connectivity index (χ1n) is 4.17. The van der Waals surface area contributed by atoms with E-state index in [9.17, 15) is 4.79 Å². The van der Waals surface area contributed by atoms with Crippen LogP contribution in [0.1, 0.15) is 0 Å². The molecular formula is C10H9N3O. The molecule has 0 aliphatic carbocycles. The minimum absolute atomic E-state index is 0.115. The molecule has 0 radical (unpaired) electrons. The summed E-state index contributed by atoms with van der Waals surface area (Å²) in [5.41, 5.74) is 7.04. The Labute approximate surface area is 80.6 Å². The Bertz CT molecular complexity index is 484. The van der Waals surface area contributed by atoms with Gasteiger partial charge in [-0.1, -0.05) is 12.1 Å². The highest BCUT2D eigenvalue weighted by Crippen LogP contribution is 2.13. The zero-order valence-corrected chi connectivity index (χ0v) is 7.42. The third-order valence-electron chi connectivity index (χ3n) is 1.87. The van der Waals surface area contributed by atoms with Crippen LogP contribution in [-0.4, -0.2) is 9.78 Å². The van der Waals surface area contributed by atoms with Crippen molar-refractivity contribution in [1.82, 2.24) is 9.78 Å². The average molecular weight is 187 g/mol. The maximum atomic E-state index is 10.8. The molecule has 70 valence electrons. The summed E-state index contributed by atoms with van der Waals surface area (Å²) in [6.07, 6.45) is 2.85. The molecule has 0 atom stereocenters. The molecule has 0 saturated heterocycles. The summed E-state index contributed by atoms with van der Waals surface area (Å²) in [4.78, 5) is 10.8. The van der Waals surface area contributed by atoms with Crippen LogP contribution in [0, 0.1) is 0 Å². The standard InChI is InChI=1S/C10H9N3O/c11-9-3-1-2-4-10(9)13-6-5-8(14)7-12-13/h1-7H,11H2. The highest BCUT2D eigenvalue weighted by atomic mass is 16.1. The third kappa shape index (κ3) is 1.50. The first-order chi connectivity index (χ1) is 6.77. The van der Waals surface area contributed by atoms with Crippen LogP contribution in [0.4, 0.5) is 5.69 Å². The van der Waals surface area contributed by atoms with Crippen LogP contribution in [0.15, 0.2) is 47.5 Å². The number of benzene rings is 1. The van der Waals surface area contributed by atoms with E-state index in [-0.39, 0.29) is 5.43 Å². The van der Waals surface area contributed by atoms with Gasteiger partial charge in [-0.25, -0.2) is 4.68 Å². The second-order valence-electron chi connectivity index (χ2n) is 2.87. The van der Waals surface area contributed by atoms with Crippen molar-refractivity contribution in [2.75, 3.05) is 5.73 Å². The van der Waals surface area contributed by atoms with E-state index in [1.807, 2.05) is 18.2 Å². The molecule has 1 aromatic carbocycles. The molecule has 2 N–H and O–H groups in total. The predicted octanol–water partition coefficient (Wildman–Crippen LogP) is 0.815. The highest BCUT2D eigenvalue weighted by Gasteiger charge is 1.98. The van der Waals surface area contributed by atoms with Crippen molar-refractivity contribution in [2.24, 2.45) is 0 Å². The molecule has 2 rings (SSSR count). The zero-order chi connectivity index (χ0) is 9.97. The van der Waals surface area contributed by atoms with Crippen LogP contribution in [0.3, 0.4) is 0 Å². The molecule has 0 amide bonds. The number of nitrogens with zero attached hydrogens (tertiary/aromatic N) is 2. The second-order valence-corrected chi connectivity index (χ2v) is 2.87. The Kier molecular flexibility index (Phi) is 2.02. The molecule has 0 spiro atoms. The third-order valence-corrected chi connectivity index (χ3v) is 1.87. The van der Waals surface area contributed by atoms with Gasteiger partial charge in [-0.05, 0) is 12.1 Å². The van der Waals surface area contributed by atoms with Gasteiger partial charge in [-0.2, -0.15) is 5.10 Å². The van der Waals surface area contributed by atoms with E-state index in [0.717, 1.165) is 5.69 Å². The molecule has 1 aromatic heterocycles. The molecule has 4 heteroatoms. The Morgan fingerprint density at radius 2 is 2.00 bits per heavy atom. The molecule has 0 unspecified atom stereocenters. The molecule has 0 fully saturated rings. The molecule has 0 aliphatic rings. The molecule has 1 heterocycles. The monoisotopic (exact) mass is 187 g/mol. The largest absolute Gasteiger partial charge is 0.397 e. The molecule has 4 nitrogen and oxygen atoms in total. The van der Waals surface area contributed by atoms with Crippen molar-refractivity contribution in [3.05, 3.63) is 52.9 Å². The van der Waals surface area contributed by atoms with Crippen LogP contribution in [0.5, 0.6) is 0 Å². The smallest absolute Gasteiger partial charge is 0.200 e. The summed E-state index contributed by atoms with van der Waals surface area (Å²) in [7, 11) is 0. The van der Waals surface area contributed by atoms with Gasteiger partial charge in [0, 0.05) is 12.3 Å². The summed E-state index contributed by atoms with van der Waals surface area (Å²) in [5.74, 6) is 0. The van der Waals surface area contributed by atoms with Crippen molar-refractivity contribution in [3.63, 3.8) is 0 Å². The summed E-state index contributed by atoms with van der Waals surface area (Å²) in [6, 6.07) is 8.79. The quantitative estimate of drug-likeness (QED) is 0.672. The zero-order valence-electron chi connectivity index (χ0n) is 7.42. The van der Waals surface area contributed by atoms with Crippen molar-refractivity contribution in [3.8, 4) is 5.69 Å². The maximum Gasteiger partial charge on any atom is 0.200 e. The van der Waals surface area contributed by atoms with Gasteiger partial charge in [0.1, 0.15) is 0 Å². The number of anilines is 1. The highest BCUT2D eigenvalue weighted by molar-refractivity contribution is 5.56. The molecule has 2 aromatic rings. The number of hydrogen-bond acceptors (Lipinski definition) is 3. The fourth-order valence-electron chi connectivity index (χ4n) is 1.18. The number of para-hydroxylation sites is 2. The number of aromatic nitrogens is 2. The summed E-state index contributed by atoms with van der Waals surface area (Å²) >= 11 is 0. The lowest BCUT2D eigenvalue weighted by Crippen LogP contribution is -2.08. The topological polar surface area (TPSA) is 60.9 Å². The van der Waals surface area contributed by atoms with Crippen molar-refractivity contribution in [1.29, 1.82) is 0 Å². The van der Waals surface area contributed by atoms with Crippen LogP contribution in [-0.2, 0) is 0 Å². The number of nitrogen functional groups attached to an aromatic ring is 1. The van der Waals surface area contributed by atoms with Gasteiger partial charge in [0.2, 0.25) is 0 Å². The lowest BCUT2D eigenvalue weighted by molar-refractivity contribution is 0.838. The van der Waals surface area contributed by atoms with Crippen molar-refractivity contribution in [2.45, 2.75) is 0 Å². The Balaban J connectivity index is 2.55. The Morgan fingerprint density at radius 3 is 2.64 bits per heavy atom. The normalized spacial score (nSPS) is 10.0. The average Bonchev–Trinajstić information content (AvgIpc) is 2.20. The van der Waals surface area contributed by atoms with Gasteiger partial charge in [-0.15, -0.1) is 0 Å². The van der Waals surface area contributed by atoms with Gasteiger partial charge in [0.25, 0.3) is 0 Å². The van der Waals surface area contributed by atoms with E-state index in [2.05, 4.69) is 5.10 Å². The Hall–Kier alpha value is -2.10. The fraction of sp³-hybridized carbons (Fsp3) is 0. The number of nitrogens with two attached hydrogens (primary N) is 1. The van der Waals surface area contributed by atoms with E-state index in [1.165, 1.54) is 12.3 Å². The van der Waals surface area contributed by atoms with Crippen molar-refractivity contribution >= 4 is 5.69 Å². The molecule has 0 saturated carbocycles. The molecular weight excluding hydrogens is 178 g/mol. The van der Waals surface area contributed by atoms with Gasteiger partial charge in [0.15, 0.2) is 5.43 Å². The molecule has 0 aliphatic heterocycles. The maximum absolute atomic E-state index is 10.8. The van der Waals surface area contributed by atoms with Crippen LogP contribution >= 0.6 is 0 Å². The first kappa shape index (κ1) is 8.50. The van der Waals surface area contributed by atoms with Gasteiger partial charge >= 0.3 is 0 Å². The molecule has 0 bridgehead atoms. The van der Waals surface area contributed by atoms with E-state index in [0.29, 0.717) is 5.69 Å². The first-order valence-corrected chi connectivity index (χ1v) is 4.17. The summed E-state index contributed by atoms with van der Waals surface area (Å²) < 4.78 is 1.57. The van der Waals surface area contributed by atoms with Crippen LogP contribution in [0.2, 0.25) is 0 Å². The van der Waals surface area contributed by atoms with E-state index < -0.39 is 0 Å². The summed E-state index contributed by atoms with van der Waals surface area (Å²) in [6.45, 7) is 0. The van der Waals surface area contributed by atoms with Crippen molar-refractivity contribution < 1.29 is 0 Å². The van der Waals surface area contributed by atoms with E-state index in [4.69, 9.17) is 5.73 Å². The second kappa shape index (κ2) is 3.33. The van der Waals surface area contributed by atoms with Crippen LogP contribution < -0.4 is 11.2 Å². The summed E-state index contributed by atoms with van der Waals surface area (Å²) in [5, 5.41) is 3.93. The lowest BCUT2D eigenvalue weighted by atomic mass is 10.3. The van der Waals surface area contributed by atoms with E-state index >= 15 is 0 Å². The lowest BCUT2D eigenvalue weighted by Gasteiger charge is -2.06. The number of hydrogen-bond donors (Lipinski definition) is 1. The Morgan fingerprint density at radius 1 is 1.21 bits per heavy atom.